The molecule has 0 fully saturated rings. The fourth-order valence-electron chi connectivity index (χ4n) is 2.91. The first-order valence-corrected chi connectivity index (χ1v) is 9.36. The van der Waals surface area contributed by atoms with Gasteiger partial charge in [-0.2, -0.15) is 5.26 Å². The van der Waals surface area contributed by atoms with Crippen LogP contribution in [0.4, 0.5) is 0 Å². The van der Waals surface area contributed by atoms with Crippen LogP contribution >= 0.6 is 0 Å². The third kappa shape index (κ3) is 4.32. The van der Waals surface area contributed by atoms with E-state index < -0.39 is 0 Å². The van der Waals surface area contributed by atoms with Crippen LogP contribution in [0.1, 0.15) is 37.9 Å². The predicted molar refractivity (Wildman–Crippen MR) is 116 cm³/mol. The van der Waals surface area contributed by atoms with Crippen LogP contribution in [0.15, 0.2) is 35.6 Å². The molecule has 0 spiro atoms. The summed E-state index contributed by atoms with van der Waals surface area (Å²) in [5, 5.41) is 9.33. The van der Waals surface area contributed by atoms with Crippen LogP contribution in [0.25, 0.3) is 28.0 Å². The van der Waals surface area contributed by atoms with Crippen molar-refractivity contribution in [1.29, 1.82) is 5.26 Å². The molecule has 7 nitrogen and oxygen atoms in total. The van der Waals surface area contributed by atoms with E-state index in [0.29, 0.717) is 17.9 Å². The molecule has 3 heterocycles. The number of aliphatic imine (C=N–C) groups is 1. The van der Waals surface area contributed by atoms with Crippen molar-refractivity contribution in [2.24, 2.45) is 23.2 Å². The molecule has 0 bridgehead atoms. The SMILES string of the molecule is Cc1nc2cc(-c3nc(C#N)ccc3C(C=NCC(C)(C)C)=CN)cnc2n1C. The van der Waals surface area contributed by atoms with E-state index in [-0.39, 0.29) is 5.41 Å². The highest BCUT2D eigenvalue weighted by atomic mass is 15.1. The Balaban J connectivity index is 2.12. The van der Waals surface area contributed by atoms with Gasteiger partial charge in [-0.1, -0.05) is 20.8 Å². The lowest BCUT2D eigenvalue weighted by Gasteiger charge is -2.14. The number of fused-ring (bicyclic) bond motifs is 1. The van der Waals surface area contributed by atoms with Crippen molar-refractivity contribution in [1.82, 2.24) is 19.5 Å². The number of nitriles is 1. The van der Waals surface area contributed by atoms with E-state index in [1.54, 1.807) is 18.5 Å². The summed E-state index contributed by atoms with van der Waals surface area (Å²) in [5.74, 6) is 0.875. The summed E-state index contributed by atoms with van der Waals surface area (Å²) in [6.45, 7) is 8.98. The zero-order valence-electron chi connectivity index (χ0n) is 17.4. The molecule has 2 N–H and O–H groups in total. The Labute approximate surface area is 170 Å². The number of aryl methyl sites for hydroxylation is 2. The van der Waals surface area contributed by atoms with Crippen LogP contribution in [0.5, 0.6) is 0 Å². The summed E-state index contributed by atoms with van der Waals surface area (Å²) in [7, 11) is 1.93. The first-order valence-electron chi connectivity index (χ1n) is 9.36. The fourth-order valence-corrected chi connectivity index (χ4v) is 2.91. The minimum atomic E-state index is 0.0771. The minimum Gasteiger partial charge on any atom is -0.404 e. The van der Waals surface area contributed by atoms with Gasteiger partial charge in [-0.3, -0.25) is 4.99 Å². The number of hydrogen-bond acceptors (Lipinski definition) is 6. The number of nitrogens with two attached hydrogens (primary N) is 1. The Bertz CT molecular complexity index is 1150. The van der Waals surface area contributed by atoms with Crippen LogP contribution in [0, 0.1) is 23.7 Å². The number of imidazole rings is 1. The van der Waals surface area contributed by atoms with Gasteiger partial charge < -0.3 is 10.3 Å². The maximum Gasteiger partial charge on any atom is 0.159 e. The molecule has 0 atom stereocenters. The largest absolute Gasteiger partial charge is 0.404 e. The second kappa shape index (κ2) is 7.84. The molecule has 0 radical (unpaired) electrons. The van der Waals surface area contributed by atoms with Gasteiger partial charge in [-0.15, -0.1) is 0 Å². The lowest BCUT2D eigenvalue weighted by atomic mass is 9.97. The number of rotatable bonds is 4. The average molecular weight is 387 g/mol. The van der Waals surface area contributed by atoms with Gasteiger partial charge in [0.1, 0.15) is 23.1 Å². The first kappa shape index (κ1) is 20.2. The Hall–Kier alpha value is -3.53. The van der Waals surface area contributed by atoms with E-state index in [9.17, 15) is 5.26 Å². The molecule has 3 aromatic heterocycles. The highest BCUT2D eigenvalue weighted by molar-refractivity contribution is 6.11. The second-order valence-corrected chi connectivity index (χ2v) is 8.14. The number of nitrogens with zero attached hydrogens (tertiary/aromatic N) is 6. The lowest BCUT2D eigenvalue weighted by Crippen LogP contribution is -2.09. The van der Waals surface area contributed by atoms with Crippen molar-refractivity contribution in [3.05, 3.63) is 47.7 Å². The molecule has 0 aliphatic heterocycles. The molecule has 3 rings (SSSR count). The van der Waals surface area contributed by atoms with Gasteiger partial charge in [-0.05, 0) is 30.5 Å². The Morgan fingerprint density at radius 3 is 2.72 bits per heavy atom. The summed E-state index contributed by atoms with van der Waals surface area (Å²) < 4.78 is 1.93. The summed E-state index contributed by atoms with van der Waals surface area (Å²) in [4.78, 5) is 18.2. The van der Waals surface area contributed by atoms with Crippen LogP contribution in [0.3, 0.4) is 0 Å². The normalized spacial score (nSPS) is 12.6. The Morgan fingerprint density at radius 1 is 1.31 bits per heavy atom. The highest BCUT2D eigenvalue weighted by Gasteiger charge is 2.15. The van der Waals surface area contributed by atoms with Crippen molar-refractivity contribution in [3.63, 3.8) is 0 Å². The van der Waals surface area contributed by atoms with Gasteiger partial charge in [0.2, 0.25) is 0 Å². The molecule has 0 aliphatic rings. The first-order chi connectivity index (χ1) is 13.7. The van der Waals surface area contributed by atoms with Crippen LogP contribution in [-0.4, -0.2) is 32.3 Å². The fraction of sp³-hybridized carbons (Fsp3) is 0.318. The molecule has 0 saturated heterocycles. The van der Waals surface area contributed by atoms with E-state index in [0.717, 1.165) is 33.7 Å². The Morgan fingerprint density at radius 2 is 2.07 bits per heavy atom. The monoisotopic (exact) mass is 387 g/mol. The van der Waals surface area contributed by atoms with Gasteiger partial charge >= 0.3 is 0 Å². The van der Waals surface area contributed by atoms with Crippen LogP contribution in [-0.2, 0) is 7.05 Å². The predicted octanol–water partition coefficient (Wildman–Crippen LogP) is 3.63. The molecule has 7 heteroatoms. The minimum absolute atomic E-state index is 0.0771. The average Bonchev–Trinajstić information content (AvgIpc) is 2.97. The number of pyridine rings is 2. The smallest absolute Gasteiger partial charge is 0.159 e. The van der Waals surface area contributed by atoms with Gasteiger partial charge in [0.15, 0.2) is 5.65 Å². The van der Waals surface area contributed by atoms with Crippen molar-refractivity contribution in [2.75, 3.05) is 6.54 Å². The molecular weight excluding hydrogens is 362 g/mol. The van der Waals surface area contributed by atoms with E-state index in [1.807, 2.05) is 30.7 Å². The molecule has 3 aromatic rings. The van der Waals surface area contributed by atoms with Crippen LogP contribution < -0.4 is 5.73 Å². The van der Waals surface area contributed by atoms with E-state index in [2.05, 4.69) is 46.8 Å². The standard InChI is InChI=1S/C22H25N7/c1-14-27-19-8-15(12-26-21(19)29(14)5)20-18(7-6-17(10-24)28-20)16(9-23)11-25-13-22(2,3)4/h6-9,11-12H,13,23H2,1-5H3. The molecular formula is C22H25N7. The lowest BCUT2D eigenvalue weighted by molar-refractivity contribution is 0.430. The van der Waals surface area contributed by atoms with Gasteiger partial charge in [0.25, 0.3) is 0 Å². The van der Waals surface area contributed by atoms with Crippen molar-refractivity contribution in [3.8, 4) is 17.3 Å². The zero-order valence-corrected chi connectivity index (χ0v) is 17.4. The molecule has 148 valence electrons. The number of allylic oxidation sites excluding steroid dienone is 1. The zero-order chi connectivity index (χ0) is 21.2. The van der Waals surface area contributed by atoms with Gasteiger partial charge in [-0.25, -0.2) is 15.0 Å². The van der Waals surface area contributed by atoms with Crippen molar-refractivity contribution in [2.45, 2.75) is 27.7 Å². The van der Waals surface area contributed by atoms with E-state index in [4.69, 9.17) is 5.73 Å². The maximum absolute atomic E-state index is 9.33. The number of hydrogen-bond donors (Lipinski definition) is 1. The molecule has 0 amide bonds. The highest BCUT2D eigenvalue weighted by Crippen LogP contribution is 2.28. The van der Waals surface area contributed by atoms with Gasteiger partial charge in [0, 0.05) is 48.9 Å². The summed E-state index contributed by atoms with van der Waals surface area (Å²) in [5.41, 5.74) is 10.8. The summed E-state index contributed by atoms with van der Waals surface area (Å²) in [6.07, 6.45) is 5.02. The quantitative estimate of drug-likeness (QED) is 0.688. The van der Waals surface area contributed by atoms with Gasteiger partial charge in [0.05, 0.1) is 5.69 Å². The molecule has 0 aliphatic carbocycles. The third-order valence-corrected chi connectivity index (χ3v) is 4.50. The van der Waals surface area contributed by atoms with E-state index >= 15 is 0 Å². The number of aromatic nitrogens is 4. The van der Waals surface area contributed by atoms with Crippen LogP contribution in [0.2, 0.25) is 0 Å². The third-order valence-electron chi connectivity index (χ3n) is 4.50. The molecule has 29 heavy (non-hydrogen) atoms. The topological polar surface area (TPSA) is 106 Å². The van der Waals surface area contributed by atoms with Crippen molar-refractivity contribution >= 4 is 23.0 Å². The Kier molecular flexibility index (Phi) is 5.46. The summed E-state index contributed by atoms with van der Waals surface area (Å²) in [6, 6.07) is 7.55. The summed E-state index contributed by atoms with van der Waals surface area (Å²) >= 11 is 0. The molecule has 0 aromatic carbocycles. The van der Waals surface area contributed by atoms with E-state index in [1.165, 1.54) is 6.20 Å². The molecule has 0 unspecified atom stereocenters. The van der Waals surface area contributed by atoms with Crippen molar-refractivity contribution < 1.29 is 0 Å². The second-order valence-electron chi connectivity index (χ2n) is 8.14. The molecule has 0 saturated carbocycles. The maximum atomic E-state index is 9.33.